The van der Waals surface area contributed by atoms with Crippen LogP contribution in [0.2, 0.25) is 5.02 Å². The molecule has 0 unspecified atom stereocenters. The standard InChI is InChI=1S/C20H16ClFN2O/c1-25-18-8-6-15(9-13-5-7-17(11-23)24-12-13)20(22)19(18)14-3-2-4-16(21)10-14/h2-8,10-12,23H,9H2,1H3. The Balaban J connectivity index is 2.03. The molecule has 5 heteroatoms. The zero-order chi connectivity index (χ0) is 17.8. The molecular formula is C20H16ClFN2O. The zero-order valence-electron chi connectivity index (χ0n) is 13.6. The minimum Gasteiger partial charge on any atom is -0.496 e. The topological polar surface area (TPSA) is 46.0 Å². The molecule has 3 aromatic rings. The lowest BCUT2D eigenvalue weighted by Gasteiger charge is -2.14. The fourth-order valence-electron chi connectivity index (χ4n) is 2.67. The van der Waals surface area contributed by atoms with Crippen molar-refractivity contribution in [3.05, 3.63) is 82.4 Å². The van der Waals surface area contributed by atoms with Crippen LogP contribution in [0.15, 0.2) is 54.7 Å². The average molecular weight is 355 g/mol. The molecule has 0 bridgehead atoms. The highest BCUT2D eigenvalue weighted by Crippen LogP contribution is 2.36. The second-order valence-electron chi connectivity index (χ2n) is 5.54. The van der Waals surface area contributed by atoms with Gasteiger partial charge in [0, 0.05) is 23.9 Å². The highest BCUT2D eigenvalue weighted by atomic mass is 35.5. The van der Waals surface area contributed by atoms with Gasteiger partial charge in [-0.25, -0.2) is 4.39 Å². The number of halogens is 2. The Kier molecular flexibility index (Phi) is 5.10. The minimum atomic E-state index is -0.335. The van der Waals surface area contributed by atoms with Crippen molar-refractivity contribution in [2.75, 3.05) is 7.11 Å². The van der Waals surface area contributed by atoms with E-state index >= 15 is 4.39 Å². The summed E-state index contributed by atoms with van der Waals surface area (Å²) < 4.78 is 20.5. The molecule has 3 rings (SSSR count). The summed E-state index contributed by atoms with van der Waals surface area (Å²) in [4.78, 5) is 4.14. The molecule has 25 heavy (non-hydrogen) atoms. The van der Waals surface area contributed by atoms with E-state index in [9.17, 15) is 0 Å². The number of aromatic nitrogens is 1. The maximum Gasteiger partial charge on any atom is 0.138 e. The van der Waals surface area contributed by atoms with Gasteiger partial charge >= 0.3 is 0 Å². The Morgan fingerprint density at radius 1 is 1.20 bits per heavy atom. The van der Waals surface area contributed by atoms with E-state index in [1.165, 1.54) is 13.3 Å². The number of benzene rings is 2. The van der Waals surface area contributed by atoms with E-state index in [1.54, 1.807) is 48.7 Å². The van der Waals surface area contributed by atoms with Crippen molar-refractivity contribution in [3.63, 3.8) is 0 Å². The lowest BCUT2D eigenvalue weighted by atomic mass is 9.97. The number of pyridine rings is 1. The van der Waals surface area contributed by atoms with Crippen molar-refractivity contribution in [1.82, 2.24) is 4.98 Å². The van der Waals surface area contributed by atoms with Crippen molar-refractivity contribution in [1.29, 1.82) is 5.41 Å². The smallest absolute Gasteiger partial charge is 0.138 e. The van der Waals surface area contributed by atoms with Gasteiger partial charge in [-0.05, 0) is 41.0 Å². The van der Waals surface area contributed by atoms with Crippen LogP contribution in [0.1, 0.15) is 16.8 Å². The molecule has 0 saturated carbocycles. The van der Waals surface area contributed by atoms with Crippen molar-refractivity contribution in [2.45, 2.75) is 6.42 Å². The molecule has 0 aliphatic heterocycles. The predicted molar refractivity (Wildman–Crippen MR) is 98.3 cm³/mol. The Labute approximate surface area is 150 Å². The first kappa shape index (κ1) is 17.1. The highest BCUT2D eigenvalue weighted by molar-refractivity contribution is 6.30. The SMILES string of the molecule is COc1ccc(Cc2ccc(C=N)nc2)c(F)c1-c1cccc(Cl)c1. The summed E-state index contributed by atoms with van der Waals surface area (Å²) >= 11 is 6.05. The van der Waals surface area contributed by atoms with E-state index in [-0.39, 0.29) is 5.82 Å². The van der Waals surface area contributed by atoms with Crippen molar-refractivity contribution < 1.29 is 9.13 Å². The first-order chi connectivity index (χ1) is 12.1. The second-order valence-corrected chi connectivity index (χ2v) is 5.98. The molecule has 0 fully saturated rings. The van der Waals surface area contributed by atoms with Gasteiger partial charge in [0.15, 0.2) is 0 Å². The van der Waals surface area contributed by atoms with E-state index in [0.29, 0.717) is 39.6 Å². The van der Waals surface area contributed by atoms with Crippen LogP contribution in [0, 0.1) is 11.2 Å². The van der Waals surface area contributed by atoms with Gasteiger partial charge in [0.2, 0.25) is 0 Å². The van der Waals surface area contributed by atoms with Gasteiger partial charge in [-0.2, -0.15) is 0 Å². The molecule has 3 nitrogen and oxygen atoms in total. The normalized spacial score (nSPS) is 10.5. The number of ether oxygens (including phenoxy) is 1. The summed E-state index contributed by atoms with van der Waals surface area (Å²) in [7, 11) is 1.52. The Bertz CT molecular complexity index is 910. The van der Waals surface area contributed by atoms with Gasteiger partial charge in [0.05, 0.1) is 18.4 Å². The third-order valence-electron chi connectivity index (χ3n) is 3.91. The van der Waals surface area contributed by atoms with E-state index in [1.807, 2.05) is 6.07 Å². The van der Waals surface area contributed by atoms with Crippen molar-refractivity contribution in [2.24, 2.45) is 0 Å². The molecular weight excluding hydrogens is 339 g/mol. The average Bonchev–Trinajstić information content (AvgIpc) is 2.63. The minimum absolute atomic E-state index is 0.335. The number of rotatable bonds is 5. The number of hydrogen-bond donors (Lipinski definition) is 1. The van der Waals surface area contributed by atoms with Crippen LogP contribution >= 0.6 is 11.6 Å². The molecule has 0 atom stereocenters. The molecule has 1 aromatic heterocycles. The first-order valence-electron chi connectivity index (χ1n) is 7.69. The van der Waals surface area contributed by atoms with Crippen LogP contribution in [-0.2, 0) is 6.42 Å². The predicted octanol–water partition coefficient (Wildman–Crippen LogP) is 5.14. The summed E-state index contributed by atoms with van der Waals surface area (Å²) in [5, 5.41) is 7.72. The molecule has 2 aromatic carbocycles. The van der Waals surface area contributed by atoms with Gasteiger partial charge in [-0.3, -0.25) is 4.98 Å². The maximum atomic E-state index is 15.2. The van der Waals surface area contributed by atoms with Crippen molar-refractivity contribution in [3.8, 4) is 16.9 Å². The molecule has 0 amide bonds. The Morgan fingerprint density at radius 2 is 2.04 bits per heavy atom. The molecule has 0 aliphatic carbocycles. The molecule has 126 valence electrons. The fourth-order valence-corrected chi connectivity index (χ4v) is 2.86. The molecule has 0 radical (unpaired) electrons. The summed E-state index contributed by atoms with van der Waals surface area (Å²) in [5.41, 5.74) is 3.04. The number of hydrogen-bond acceptors (Lipinski definition) is 3. The Morgan fingerprint density at radius 3 is 2.68 bits per heavy atom. The first-order valence-corrected chi connectivity index (χ1v) is 8.07. The second kappa shape index (κ2) is 7.45. The molecule has 1 heterocycles. The number of nitrogens with zero attached hydrogens (tertiary/aromatic N) is 1. The van der Waals surface area contributed by atoms with Gasteiger partial charge in [-0.1, -0.05) is 35.9 Å². The van der Waals surface area contributed by atoms with E-state index in [2.05, 4.69) is 4.98 Å². The third-order valence-corrected chi connectivity index (χ3v) is 4.14. The lowest BCUT2D eigenvalue weighted by molar-refractivity contribution is 0.413. The molecule has 0 saturated heterocycles. The molecule has 1 N–H and O–H groups in total. The van der Waals surface area contributed by atoms with Crippen molar-refractivity contribution >= 4 is 17.8 Å². The largest absolute Gasteiger partial charge is 0.496 e. The summed E-state index contributed by atoms with van der Waals surface area (Å²) in [6.45, 7) is 0. The van der Waals surface area contributed by atoms with Gasteiger partial charge in [0.25, 0.3) is 0 Å². The van der Waals surface area contributed by atoms with Crippen LogP contribution in [-0.4, -0.2) is 18.3 Å². The van der Waals surface area contributed by atoms with Crippen LogP contribution in [0.25, 0.3) is 11.1 Å². The zero-order valence-corrected chi connectivity index (χ0v) is 14.3. The van der Waals surface area contributed by atoms with Gasteiger partial charge in [-0.15, -0.1) is 0 Å². The fraction of sp³-hybridized carbons (Fsp3) is 0.100. The van der Waals surface area contributed by atoms with Crippen LogP contribution in [0.4, 0.5) is 4.39 Å². The van der Waals surface area contributed by atoms with E-state index < -0.39 is 0 Å². The van der Waals surface area contributed by atoms with Crippen LogP contribution < -0.4 is 4.74 Å². The number of methoxy groups -OCH3 is 1. The summed E-state index contributed by atoms with van der Waals surface area (Å²) in [6.07, 6.45) is 3.23. The van der Waals surface area contributed by atoms with Crippen LogP contribution in [0.5, 0.6) is 5.75 Å². The summed E-state index contributed by atoms with van der Waals surface area (Å²) in [5.74, 6) is 0.124. The quantitative estimate of drug-likeness (QED) is 0.645. The lowest BCUT2D eigenvalue weighted by Crippen LogP contribution is -1.99. The highest BCUT2D eigenvalue weighted by Gasteiger charge is 2.16. The summed E-state index contributed by atoms with van der Waals surface area (Å²) in [6, 6.07) is 14.1. The molecule has 0 aliphatic rings. The van der Waals surface area contributed by atoms with Gasteiger partial charge < -0.3 is 10.1 Å². The monoisotopic (exact) mass is 354 g/mol. The van der Waals surface area contributed by atoms with Crippen LogP contribution in [0.3, 0.4) is 0 Å². The Hall–Kier alpha value is -2.72. The maximum absolute atomic E-state index is 15.2. The van der Waals surface area contributed by atoms with E-state index in [4.69, 9.17) is 21.7 Å². The molecule has 0 spiro atoms. The van der Waals surface area contributed by atoms with Gasteiger partial charge in [0.1, 0.15) is 11.6 Å². The third kappa shape index (κ3) is 3.69. The van der Waals surface area contributed by atoms with E-state index in [0.717, 1.165) is 5.56 Å². The number of nitrogens with one attached hydrogen (secondary N) is 1.